The molecule has 0 heterocycles. The molecule has 0 radical (unpaired) electrons. The lowest BCUT2D eigenvalue weighted by atomic mass is 10.2. The molecule has 2 rings (SSSR count). The predicted molar refractivity (Wildman–Crippen MR) is 79.7 cm³/mol. The number of para-hydroxylation sites is 1. The van der Waals surface area contributed by atoms with Gasteiger partial charge in [-0.1, -0.05) is 25.1 Å². The zero-order chi connectivity index (χ0) is 12.8. The van der Waals surface area contributed by atoms with Crippen LogP contribution in [0, 0.1) is 0 Å². The van der Waals surface area contributed by atoms with Crippen LogP contribution in [0.3, 0.4) is 0 Å². The van der Waals surface area contributed by atoms with Crippen molar-refractivity contribution in [2.45, 2.75) is 13.3 Å². The van der Waals surface area contributed by atoms with Gasteiger partial charge in [-0.2, -0.15) is 0 Å². The molecule has 0 saturated carbocycles. The Hall–Kier alpha value is -1.96. The Morgan fingerprint density at radius 3 is 2.06 bits per heavy atom. The van der Waals surface area contributed by atoms with Crippen molar-refractivity contribution in [1.29, 1.82) is 0 Å². The van der Waals surface area contributed by atoms with Crippen LogP contribution in [0.1, 0.15) is 13.3 Å². The normalized spacial score (nSPS) is 10.1. The van der Waals surface area contributed by atoms with Crippen molar-refractivity contribution in [2.24, 2.45) is 0 Å². The minimum Gasteiger partial charge on any atom is -0.388 e. The highest BCUT2D eigenvalue weighted by atomic mass is 15.1. The van der Waals surface area contributed by atoms with Crippen molar-refractivity contribution in [2.75, 3.05) is 23.8 Å². The average molecular weight is 240 g/mol. The van der Waals surface area contributed by atoms with Gasteiger partial charge in [-0.15, -0.1) is 0 Å². The molecule has 0 spiro atoms. The highest BCUT2D eigenvalue weighted by molar-refractivity contribution is 5.65. The van der Waals surface area contributed by atoms with Gasteiger partial charge >= 0.3 is 0 Å². The second-order valence-electron chi connectivity index (χ2n) is 4.28. The molecule has 94 valence electrons. The molecule has 18 heavy (non-hydrogen) atoms. The van der Waals surface area contributed by atoms with Crippen LogP contribution in [0.4, 0.5) is 17.1 Å². The fraction of sp³-hybridized carbons (Fsp3) is 0.250. The number of anilines is 3. The van der Waals surface area contributed by atoms with Crippen LogP contribution in [0.25, 0.3) is 0 Å². The monoisotopic (exact) mass is 240 g/mol. The van der Waals surface area contributed by atoms with Crippen molar-refractivity contribution in [1.82, 2.24) is 0 Å². The Morgan fingerprint density at radius 1 is 0.889 bits per heavy atom. The van der Waals surface area contributed by atoms with Gasteiger partial charge in [0.2, 0.25) is 0 Å². The van der Waals surface area contributed by atoms with Crippen molar-refractivity contribution in [3.63, 3.8) is 0 Å². The number of hydrogen-bond acceptors (Lipinski definition) is 2. The number of nitrogens with zero attached hydrogens (tertiary/aromatic N) is 1. The van der Waals surface area contributed by atoms with Gasteiger partial charge in [-0.25, -0.2) is 0 Å². The third-order valence-corrected chi connectivity index (χ3v) is 2.98. The fourth-order valence-corrected chi connectivity index (χ4v) is 2.05. The summed E-state index contributed by atoms with van der Waals surface area (Å²) in [5.41, 5.74) is 3.63. The van der Waals surface area contributed by atoms with Crippen molar-refractivity contribution >= 4 is 17.1 Å². The molecule has 0 aliphatic heterocycles. The summed E-state index contributed by atoms with van der Waals surface area (Å²) >= 11 is 0. The summed E-state index contributed by atoms with van der Waals surface area (Å²) in [5, 5.41) is 3.15. The summed E-state index contributed by atoms with van der Waals surface area (Å²) in [7, 11) is 1.94. The first-order valence-electron chi connectivity index (χ1n) is 6.45. The molecule has 2 aromatic carbocycles. The summed E-state index contributed by atoms with van der Waals surface area (Å²) < 4.78 is 0. The predicted octanol–water partition coefficient (Wildman–Crippen LogP) is 4.28. The maximum absolute atomic E-state index is 3.15. The first kappa shape index (κ1) is 12.5. The van der Waals surface area contributed by atoms with E-state index < -0.39 is 0 Å². The highest BCUT2D eigenvalue weighted by Crippen LogP contribution is 2.26. The Balaban J connectivity index is 2.29. The van der Waals surface area contributed by atoms with E-state index in [9.17, 15) is 0 Å². The third kappa shape index (κ3) is 2.83. The molecule has 0 aliphatic carbocycles. The lowest BCUT2D eigenvalue weighted by molar-refractivity contribution is 0.886. The highest BCUT2D eigenvalue weighted by Gasteiger charge is 2.07. The summed E-state index contributed by atoms with van der Waals surface area (Å²) in [6, 6.07) is 19.1. The fourth-order valence-electron chi connectivity index (χ4n) is 2.05. The Kier molecular flexibility index (Phi) is 4.24. The van der Waals surface area contributed by atoms with Crippen LogP contribution in [0.2, 0.25) is 0 Å². The molecule has 0 amide bonds. The minimum absolute atomic E-state index is 1.03. The van der Waals surface area contributed by atoms with Crippen LogP contribution in [0.5, 0.6) is 0 Å². The zero-order valence-electron chi connectivity index (χ0n) is 11.1. The molecule has 2 heteroatoms. The quantitative estimate of drug-likeness (QED) is 0.839. The molecule has 0 atom stereocenters. The average Bonchev–Trinajstić information content (AvgIpc) is 2.46. The molecule has 0 saturated heterocycles. The minimum atomic E-state index is 1.03. The molecule has 0 bridgehead atoms. The van der Waals surface area contributed by atoms with Gasteiger partial charge in [0, 0.05) is 30.7 Å². The van der Waals surface area contributed by atoms with Gasteiger partial charge in [0.05, 0.1) is 0 Å². The zero-order valence-corrected chi connectivity index (χ0v) is 11.1. The largest absolute Gasteiger partial charge is 0.388 e. The van der Waals surface area contributed by atoms with E-state index in [2.05, 4.69) is 71.7 Å². The Labute approximate surface area is 109 Å². The Morgan fingerprint density at radius 2 is 1.50 bits per heavy atom. The van der Waals surface area contributed by atoms with E-state index in [0.29, 0.717) is 0 Å². The number of nitrogens with one attached hydrogen (secondary N) is 1. The van der Waals surface area contributed by atoms with Gasteiger partial charge in [0.15, 0.2) is 0 Å². The molecule has 2 nitrogen and oxygen atoms in total. The summed E-state index contributed by atoms with van der Waals surface area (Å²) in [5.74, 6) is 0. The first-order chi connectivity index (χ1) is 8.85. The van der Waals surface area contributed by atoms with E-state index in [1.165, 1.54) is 11.4 Å². The molecule has 2 aromatic rings. The second kappa shape index (κ2) is 6.10. The standard InChI is InChI=1S/C16H20N2/c1-3-13-18(15-7-5-4-6-8-15)16-11-9-14(17-2)10-12-16/h4-12,17H,3,13H2,1-2H3. The lowest BCUT2D eigenvalue weighted by Crippen LogP contribution is -2.17. The van der Waals surface area contributed by atoms with Gasteiger partial charge in [-0.05, 0) is 42.8 Å². The molecule has 0 aromatic heterocycles. The molecule has 0 aliphatic rings. The van der Waals surface area contributed by atoms with E-state index >= 15 is 0 Å². The Bertz CT molecular complexity index is 462. The van der Waals surface area contributed by atoms with Crippen LogP contribution in [0.15, 0.2) is 54.6 Å². The lowest BCUT2D eigenvalue weighted by Gasteiger charge is -2.24. The maximum atomic E-state index is 3.15. The van der Waals surface area contributed by atoms with E-state index in [1.54, 1.807) is 0 Å². The van der Waals surface area contributed by atoms with E-state index in [-0.39, 0.29) is 0 Å². The van der Waals surface area contributed by atoms with Gasteiger partial charge in [-0.3, -0.25) is 0 Å². The first-order valence-corrected chi connectivity index (χ1v) is 6.45. The summed E-state index contributed by atoms with van der Waals surface area (Å²) in [6.07, 6.45) is 1.13. The number of hydrogen-bond donors (Lipinski definition) is 1. The van der Waals surface area contributed by atoms with Crippen LogP contribution >= 0.6 is 0 Å². The summed E-state index contributed by atoms with van der Waals surface area (Å²) in [6.45, 7) is 3.24. The topological polar surface area (TPSA) is 15.3 Å². The van der Waals surface area contributed by atoms with E-state index in [0.717, 1.165) is 18.7 Å². The molecular formula is C16H20N2. The maximum Gasteiger partial charge on any atom is 0.0412 e. The van der Waals surface area contributed by atoms with Gasteiger partial charge in [0.25, 0.3) is 0 Å². The van der Waals surface area contributed by atoms with Gasteiger partial charge in [0.1, 0.15) is 0 Å². The van der Waals surface area contributed by atoms with E-state index in [4.69, 9.17) is 0 Å². The SMILES string of the molecule is CCCN(c1ccccc1)c1ccc(NC)cc1. The molecule has 1 N–H and O–H groups in total. The second-order valence-corrected chi connectivity index (χ2v) is 4.28. The van der Waals surface area contributed by atoms with Gasteiger partial charge < -0.3 is 10.2 Å². The van der Waals surface area contributed by atoms with Crippen molar-refractivity contribution < 1.29 is 0 Å². The molecule has 0 fully saturated rings. The smallest absolute Gasteiger partial charge is 0.0412 e. The molecular weight excluding hydrogens is 220 g/mol. The van der Waals surface area contributed by atoms with Crippen LogP contribution in [-0.4, -0.2) is 13.6 Å². The van der Waals surface area contributed by atoms with Crippen LogP contribution < -0.4 is 10.2 Å². The van der Waals surface area contributed by atoms with Crippen molar-refractivity contribution in [3.05, 3.63) is 54.6 Å². The number of benzene rings is 2. The third-order valence-electron chi connectivity index (χ3n) is 2.98. The molecule has 0 unspecified atom stereocenters. The van der Waals surface area contributed by atoms with Crippen LogP contribution in [-0.2, 0) is 0 Å². The van der Waals surface area contributed by atoms with E-state index in [1.807, 2.05) is 7.05 Å². The number of rotatable bonds is 5. The summed E-state index contributed by atoms with van der Waals surface area (Å²) in [4.78, 5) is 2.35. The van der Waals surface area contributed by atoms with Crippen molar-refractivity contribution in [3.8, 4) is 0 Å².